The number of nitrogen functional groups attached to an aromatic ring is 1. The summed E-state index contributed by atoms with van der Waals surface area (Å²) in [6.45, 7) is 1.48. The summed E-state index contributed by atoms with van der Waals surface area (Å²) >= 11 is 0. The van der Waals surface area contributed by atoms with E-state index in [1.54, 1.807) is 0 Å². The molecule has 0 spiro atoms. The number of nitrogens with two attached hydrogens (primary N) is 1. The minimum atomic E-state index is -1.16. The molecule has 0 amide bonds. The predicted octanol–water partition coefficient (Wildman–Crippen LogP) is 2.05. The van der Waals surface area contributed by atoms with Gasteiger partial charge in [0.05, 0.1) is 17.9 Å². The number of carbonyl (C=O) groups excluding carboxylic acids is 2. The van der Waals surface area contributed by atoms with Crippen LogP contribution in [0.25, 0.3) is 0 Å². The van der Waals surface area contributed by atoms with Gasteiger partial charge in [0.2, 0.25) is 0 Å². The van der Waals surface area contributed by atoms with Gasteiger partial charge in [-0.15, -0.1) is 0 Å². The Balaban J connectivity index is 2.55. The third-order valence-corrected chi connectivity index (χ3v) is 2.39. The molecule has 0 fully saturated rings. The average molecular weight is 287 g/mol. The van der Waals surface area contributed by atoms with Crippen molar-refractivity contribution >= 4 is 17.6 Å². The Kier molecular flexibility index (Phi) is 5.89. The van der Waals surface area contributed by atoms with Crippen molar-refractivity contribution < 1.29 is 27.8 Å². The van der Waals surface area contributed by atoms with Crippen LogP contribution in [0.1, 0.15) is 30.1 Å². The number of hydrogen-bond donors (Lipinski definition) is 1. The van der Waals surface area contributed by atoms with Gasteiger partial charge in [-0.1, -0.05) is 13.3 Å². The molecule has 1 rings (SSSR count). The average Bonchev–Trinajstić information content (AvgIpc) is 2.40. The fraction of sp³-hybridized carbons (Fsp3) is 0.385. The third kappa shape index (κ3) is 4.49. The molecule has 2 N–H and O–H groups in total. The lowest BCUT2D eigenvalue weighted by Gasteiger charge is -2.07. The molecule has 5 nitrogen and oxygen atoms in total. The number of ether oxygens (including phenoxy) is 2. The number of carbonyl (C=O) groups is 2. The second kappa shape index (κ2) is 7.42. The van der Waals surface area contributed by atoms with E-state index in [-0.39, 0.29) is 6.61 Å². The molecule has 1 aromatic carbocycles. The maximum Gasteiger partial charge on any atom is 0.344 e. The minimum absolute atomic E-state index is 0.220. The summed E-state index contributed by atoms with van der Waals surface area (Å²) in [6.07, 6.45) is 1.54. The zero-order valence-corrected chi connectivity index (χ0v) is 10.9. The van der Waals surface area contributed by atoms with Gasteiger partial charge in [-0.3, -0.25) is 0 Å². The molecule has 0 unspecified atom stereocenters. The summed E-state index contributed by atoms with van der Waals surface area (Å²) in [5.41, 5.74) is 4.09. The molecular weight excluding hydrogens is 272 g/mol. The molecule has 0 aliphatic rings. The molecule has 0 bridgehead atoms. The van der Waals surface area contributed by atoms with Crippen LogP contribution in [0.4, 0.5) is 14.5 Å². The minimum Gasteiger partial charge on any atom is -0.463 e. The van der Waals surface area contributed by atoms with Crippen molar-refractivity contribution in [3.63, 3.8) is 0 Å². The van der Waals surface area contributed by atoms with Gasteiger partial charge in [0.1, 0.15) is 11.6 Å². The topological polar surface area (TPSA) is 78.6 Å². The normalized spacial score (nSPS) is 10.2. The van der Waals surface area contributed by atoms with Crippen LogP contribution < -0.4 is 5.73 Å². The quantitative estimate of drug-likeness (QED) is 0.492. The van der Waals surface area contributed by atoms with E-state index in [0.29, 0.717) is 18.6 Å². The number of hydrogen-bond acceptors (Lipinski definition) is 5. The first-order valence-electron chi connectivity index (χ1n) is 6.03. The first-order valence-corrected chi connectivity index (χ1v) is 6.03. The van der Waals surface area contributed by atoms with E-state index >= 15 is 0 Å². The van der Waals surface area contributed by atoms with Crippen molar-refractivity contribution in [3.05, 3.63) is 29.3 Å². The van der Waals surface area contributed by atoms with Crippen LogP contribution in [-0.4, -0.2) is 25.2 Å². The van der Waals surface area contributed by atoms with E-state index in [9.17, 15) is 18.4 Å². The fourth-order valence-electron chi connectivity index (χ4n) is 1.29. The van der Waals surface area contributed by atoms with E-state index in [1.165, 1.54) is 0 Å². The third-order valence-electron chi connectivity index (χ3n) is 2.39. The van der Waals surface area contributed by atoms with Gasteiger partial charge in [0.25, 0.3) is 0 Å². The van der Waals surface area contributed by atoms with Crippen LogP contribution in [0.15, 0.2) is 12.1 Å². The molecule has 0 saturated heterocycles. The second-order valence-corrected chi connectivity index (χ2v) is 4.00. The molecule has 110 valence electrons. The number of anilines is 1. The van der Waals surface area contributed by atoms with Gasteiger partial charge >= 0.3 is 11.9 Å². The van der Waals surface area contributed by atoms with Crippen LogP contribution in [0.5, 0.6) is 0 Å². The summed E-state index contributed by atoms with van der Waals surface area (Å²) in [7, 11) is 0. The first kappa shape index (κ1) is 15.9. The number of esters is 2. The van der Waals surface area contributed by atoms with Crippen molar-refractivity contribution in [2.24, 2.45) is 0 Å². The maximum atomic E-state index is 13.4. The summed E-state index contributed by atoms with van der Waals surface area (Å²) in [5, 5.41) is 0. The lowest BCUT2D eigenvalue weighted by molar-refractivity contribution is -0.147. The van der Waals surface area contributed by atoms with Crippen LogP contribution in [0.3, 0.4) is 0 Å². The Morgan fingerprint density at radius 1 is 1.20 bits per heavy atom. The highest BCUT2D eigenvalue weighted by molar-refractivity contribution is 5.91. The van der Waals surface area contributed by atoms with Crippen molar-refractivity contribution in [1.82, 2.24) is 0 Å². The van der Waals surface area contributed by atoms with Crippen molar-refractivity contribution in [2.45, 2.75) is 19.8 Å². The van der Waals surface area contributed by atoms with E-state index in [2.05, 4.69) is 4.74 Å². The number of halogens is 2. The lowest BCUT2D eigenvalue weighted by Crippen LogP contribution is -2.18. The molecule has 20 heavy (non-hydrogen) atoms. The van der Waals surface area contributed by atoms with Crippen molar-refractivity contribution in [1.29, 1.82) is 0 Å². The molecule has 0 aliphatic carbocycles. The number of unbranched alkanes of at least 4 members (excludes halogenated alkanes) is 1. The second-order valence-electron chi connectivity index (χ2n) is 4.00. The van der Waals surface area contributed by atoms with Gasteiger partial charge in [0, 0.05) is 6.07 Å². The van der Waals surface area contributed by atoms with E-state index < -0.39 is 41.4 Å². The van der Waals surface area contributed by atoms with Crippen LogP contribution in [-0.2, 0) is 14.3 Å². The molecule has 1 aromatic rings. The first-order chi connectivity index (χ1) is 9.45. The SMILES string of the molecule is CCCCOC(=O)COC(=O)c1cc(F)c(N)cc1F. The highest BCUT2D eigenvalue weighted by atomic mass is 19.1. The highest BCUT2D eigenvalue weighted by Crippen LogP contribution is 2.17. The Bertz CT molecular complexity index is 505. The summed E-state index contributed by atoms with van der Waals surface area (Å²) in [6, 6.07) is 1.29. The summed E-state index contributed by atoms with van der Waals surface area (Å²) in [5.74, 6) is -3.87. The molecule has 0 aliphatic heterocycles. The monoisotopic (exact) mass is 287 g/mol. The van der Waals surface area contributed by atoms with E-state index in [1.807, 2.05) is 6.92 Å². The molecular formula is C13H15F2NO4. The predicted molar refractivity (Wildman–Crippen MR) is 66.9 cm³/mol. The highest BCUT2D eigenvalue weighted by Gasteiger charge is 2.17. The van der Waals surface area contributed by atoms with Crippen LogP contribution in [0.2, 0.25) is 0 Å². The van der Waals surface area contributed by atoms with Gasteiger partial charge in [-0.2, -0.15) is 0 Å². The lowest BCUT2D eigenvalue weighted by atomic mass is 10.2. The molecule has 7 heteroatoms. The van der Waals surface area contributed by atoms with Crippen molar-refractivity contribution in [3.8, 4) is 0 Å². The van der Waals surface area contributed by atoms with Gasteiger partial charge in [-0.05, 0) is 12.5 Å². The molecule has 0 heterocycles. The zero-order chi connectivity index (χ0) is 15.1. The van der Waals surface area contributed by atoms with Gasteiger partial charge < -0.3 is 15.2 Å². The summed E-state index contributed by atoms with van der Waals surface area (Å²) < 4.78 is 35.8. The largest absolute Gasteiger partial charge is 0.463 e. The fourth-order valence-corrected chi connectivity index (χ4v) is 1.29. The van der Waals surface area contributed by atoms with Gasteiger partial charge in [-0.25, -0.2) is 18.4 Å². The standard InChI is InChI=1S/C13H15F2NO4/c1-2-3-4-19-12(17)7-20-13(18)8-5-10(15)11(16)6-9(8)14/h5-6H,2-4,7,16H2,1H3. The number of benzene rings is 1. The van der Waals surface area contributed by atoms with Gasteiger partial charge in [0.15, 0.2) is 6.61 Å². The zero-order valence-electron chi connectivity index (χ0n) is 10.9. The Hall–Kier alpha value is -2.18. The molecule has 0 radical (unpaired) electrons. The Morgan fingerprint density at radius 2 is 1.90 bits per heavy atom. The smallest absolute Gasteiger partial charge is 0.344 e. The molecule has 0 atom stereocenters. The Labute approximate surface area is 114 Å². The number of rotatable bonds is 6. The van der Waals surface area contributed by atoms with Crippen molar-refractivity contribution in [2.75, 3.05) is 18.9 Å². The van der Waals surface area contributed by atoms with Crippen LogP contribution >= 0.6 is 0 Å². The summed E-state index contributed by atoms with van der Waals surface area (Å²) in [4.78, 5) is 22.7. The molecule has 0 saturated carbocycles. The van der Waals surface area contributed by atoms with E-state index in [0.717, 1.165) is 6.42 Å². The van der Waals surface area contributed by atoms with E-state index in [4.69, 9.17) is 10.5 Å². The maximum absolute atomic E-state index is 13.4. The molecule has 0 aromatic heterocycles. The Morgan fingerprint density at radius 3 is 2.55 bits per heavy atom. The van der Waals surface area contributed by atoms with Crippen LogP contribution in [0, 0.1) is 11.6 Å².